The van der Waals surface area contributed by atoms with E-state index in [0.717, 1.165) is 90.1 Å². The summed E-state index contributed by atoms with van der Waals surface area (Å²) >= 11 is 0. The van der Waals surface area contributed by atoms with Crippen molar-refractivity contribution < 1.29 is 14.3 Å². The van der Waals surface area contributed by atoms with Crippen LogP contribution in [-0.2, 0) is 10.2 Å². The lowest BCUT2D eigenvalue weighted by molar-refractivity contribution is 0.0500. The third-order valence-corrected chi connectivity index (χ3v) is 9.41. The first-order valence-corrected chi connectivity index (χ1v) is 15.1. The average molecular weight is 563 g/mol. The van der Waals surface area contributed by atoms with E-state index in [1.807, 2.05) is 21.9 Å². The van der Waals surface area contributed by atoms with Gasteiger partial charge in [0.25, 0.3) is 5.91 Å². The molecule has 0 bridgehead atoms. The minimum absolute atomic E-state index is 0.110. The lowest BCUT2D eigenvalue weighted by atomic mass is 9.75. The maximum atomic E-state index is 13.4. The van der Waals surface area contributed by atoms with Crippen molar-refractivity contribution in [2.24, 2.45) is 5.73 Å². The lowest BCUT2D eigenvalue weighted by Crippen LogP contribution is -2.51. The zero-order valence-electron chi connectivity index (χ0n) is 24.0. The molecule has 2 aromatic rings. The van der Waals surface area contributed by atoms with E-state index >= 15 is 0 Å². The highest BCUT2D eigenvalue weighted by atomic mass is 16.5. The van der Waals surface area contributed by atoms with Gasteiger partial charge in [-0.3, -0.25) is 4.79 Å². The van der Waals surface area contributed by atoms with Gasteiger partial charge in [0, 0.05) is 51.1 Å². The highest BCUT2D eigenvalue weighted by Crippen LogP contribution is 2.34. The van der Waals surface area contributed by atoms with Gasteiger partial charge in [0.2, 0.25) is 0 Å². The summed E-state index contributed by atoms with van der Waals surface area (Å²) in [5.41, 5.74) is 8.08. The van der Waals surface area contributed by atoms with E-state index in [1.54, 1.807) is 6.20 Å². The number of nitrogens with one attached hydrogen (secondary N) is 2. The third-order valence-electron chi connectivity index (χ3n) is 9.41. The number of carbonyl (C=O) groups is 2. The summed E-state index contributed by atoms with van der Waals surface area (Å²) in [6.07, 6.45) is 7.56. The summed E-state index contributed by atoms with van der Waals surface area (Å²) in [5, 5.41) is 6.73. The van der Waals surface area contributed by atoms with Crippen LogP contribution >= 0.6 is 0 Å². The Balaban J connectivity index is 1.16. The molecule has 1 unspecified atom stereocenters. The normalized spacial score (nSPS) is 23.6. The molecule has 4 N–H and O–H groups in total. The third kappa shape index (κ3) is 5.83. The second-order valence-corrected chi connectivity index (χ2v) is 12.1. The van der Waals surface area contributed by atoms with Crippen LogP contribution in [-0.4, -0.2) is 96.3 Å². The van der Waals surface area contributed by atoms with Gasteiger partial charge in [0.15, 0.2) is 11.5 Å². The fourth-order valence-electron chi connectivity index (χ4n) is 6.82. The number of urea groups is 1. The van der Waals surface area contributed by atoms with Gasteiger partial charge in [-0.25, -0.2) is 14.8 Å². The maximum absolute atomic E-state index is 13.4. The standard InChI is InChI=1S/C30H42N8O3/c1-30(10-12-32-13-11-30)21-4-6-22(7-5-21)34-28-26(27(31)39)33-19-25(35-28)36-14-2-3-24(20-36)38-16-15-37(29(38)40)23-8-17-41-18-9-23/h4-7,19,23-24,32H,2-3,8-18,20H2,1H3,(H2,31,39)(H,34,35). The molecule has 11 nitrogen and oxygen atoms in total. The monoisotopic (exact) mass is 562 g/mol. The molecule has 0 spiro atoms. The van der Waals surface area contributed by atoms with Crippen molar-refractivity contribution in [3.05, 3.63) is 41.7 Å². The van der Waals surface area contributed by atoms with Gasteiger partial charge in [-0.05, 0) is 74.7 Å². The zero-order valence-corrected chi connectivity index (χ0v) is 24.0. The molecule has 1 aromatic heterocycles. The molecule has 4 fully saturated rings. The zero-order chi connectivity index (χ0) is 28.4. The first-order chi connectivity index (χ1) is 19.9. The van der Waals surface area contributed by atoms with E-state index < -0.39 is 5.91 Å². The largest absolute Gasteiger partial charge is 0.381 e. The number of piperidine rings is 2. The molecular weight excluding hydrogens is 520 g/mol. The molecular formula is C30H42N8O3. The number of nitrogens with zero attached hydrogens (tertiary/aromatic N) is 5. The van der Waals surface area contributed by atoms with Crippen LogP contribution in [0.3, 0.4) is 0 Å². The van der Waals surface area contributed by atoms with Gasteiger partial charge in [0.05, 0.1) is 12.2 Å². The number of hydrogen-bond acceptors (Lipinski definition) is 8. The number of hydrogen-bond donors (Lipinski definition) is 3. The van der Waals surface area contributed by atoms with Crippen LogP contribution in [0, 0.1) is 0 Å². The van der Waals surface area contributed by atoms with Gasteiger partial charge in [-0.15, -0.1) is 0 Å². The number of anilines is 3. The second-order valence-electron chi connectivity index (χ2n) is 12.1. The van der Waals surface area contributed by atoms with E-state index in [-0.39, 0.29) is 29.2 Å². The van der Waals surface area contributed by atoms with Crippen molar-refractivity contribution >= 4 is 29.3 Å². The molecule has 5 heterocycles. The van der Waals surface area contributed by atoms with E-state index in [1.165, 1.54) is 5.56 Å². The molecule has 220 valence electrons. The van der Waals surface area contributed by atoms with Gasteiger partial charge in [0.1, 0.15) is 5.82 Å². The number of amides is 3. The minimum Gasteiger partial charge on any atom is -0.381 e. The van der Waals surface area contributed by atoms with Crippen LogP contribution in [0.1, 0.15) is 61.5 Å². The molecule has 0 saturated carbocycles. The van der Waals surface area contributed by atoms with E-state index in [4.69, 9.17) is 15.5 Å². The van der Waals surface area contributed by atoms with Gasteiger partial charge in [-0.1, -0.05) is 19.1 Å². The Kier molecular flexibility index (Phi) is 7.99. The molecule has 41 heavy (non-hydrogen) atoms. The van der Waals surface area contributed by atoms with Crippen LogP contribution in [0.15, 0.2) is 30.5 Å². The van der Waals surface area contributed by atoms with Crippen LogP contribution in [0.25, 0.3) is 0 Å². The second kappa shape index (κ2) is 11.8. The maximum Gasteiger partial charge on any atom is 0.320 e. The molecule has 1 atom stereocenters. The Hall–Kier alpha value is -3.44. The van der Waals surface area contributed by atoms with Crippen molar-refractivity contribution in [1.82, 2.24) is 25.1 Å². The topological polar surface area (TPSA) is 129 Å². The predicted molar refractivity (Wildman–Crippen MR) is 158 cm³/mol. The minimum atomic E-state index is -0.627. The number of ether oxygens (including phenoxy) is 1. The van der Waals surface area contributed by atoms with Crippen LogP contribution < -0.4 is 21.3 Å². The first kappa shape index (κ1) is 27.7. The highest BCUT2D eigenvalue weighted by Gasteiger charge is 2.39. The molecule has 1 aromatic carbocycles. The predicted octanol–water partition coefficient (Wildman–Crippen LogP) is 2.85. The summed E-state index contributed by atoms with van der Waals surface area (Å²) in [4.78, 5) is 41.1. The fraction of sp³-hybridized carbons (Fsp3) is 0.600. The summed E-state index contributed by atoms with van der Waals surface area (Å²) < 4.78 is 5.50. The van der Waals surface area contributed by atoms with Crippen LogP contribution in [0.2, 0.25) is 0 Å². The number of carbonyl (C=O) groups excluding carboxylic acids is 2. The molecule has 6 rings (SSSR count). The molecule has 4 aliphatic heterocycles. The number of rotatable bonds is 7. The highest BCUT2D eigenvalue weighted by molar-refractivity contribution is 5.96. The molecule has 4 aliphatic rings. The number of benzene rings is 1. The van der Waals surface area contributed by atoms with Crippen LogP contribution in [0.4, 0.5) is 22.1 Å². The Morgan fingerprint density at radius 1 is 1.05 bits per heavy atom. The summed E-state index contributed by atoms with van der Waals surface area (Å²) in [5.74, 6) is 0.396. The molecule has 3 amide bonds. The number of aromatic nitrogens is 2. The van der Waals surface area contributed by atoms with Crippen molar-refractivity contribution in [3.8, 4) is 0 Å². The van der Waals surface area contributed by atoms with Gasteiger partial charge in [-0.2, -0.15) is 0 Å². The lowest BCUT2D eigenvalue weighted by Gasteiger charge is -2.38. The summed E-state index contributed by atoms with van der Waals surface area (Å²) in [6.45, 7) is 8.84. The van der Waals surface area contributed by atoms with Crippen molar-refractivity contribution in [2.75, 3.05) is 62.7 Å². The molecule has 0 radical (unpaired) electrons. The van der Waals surface area contributed by atoms with Crippen molar-refractivity contribution in [3.63, 3.8) is 0 Å². The van der Waals surface area contributed by atoms with Gasteiger partial charge < -0.3 is 35.8 Å². The fourth-order valence-corrected chi connectivity index (χ4v) is 6.82. The number of nitrogens with two attached hydrogens (primary N) is 1. The SMILES string of the molecule is CC1(c2ccc(Nc3nc(N4CCCC(N5CCN(C6CCOCC6)C5=O)C4)cnc3C(N)=O)cc2)CCNCC1. The average Bonchev–Trinajstić information content (AvgIpc) is 3.39. The van der Waals surface area contributed by atoms with E-state index in [0.29, 0.717) is 18.2 Å². The quantitative estimate of drug-likeness (QED) is 0.470. The number of primary amides is 1. The first-order valence-electron chi connectivity index (χ1n) is 15.1. The van der Waals surface area contributed by atoms with Gasteiger partial charge >= 0.3 is 6.03 Å². The van der Waals surface area contributed by atoms with Crippen molar-refractivity contribution in [2.45, 2.75) is 62.9 Å². The smallest absolute Gasteiger partial charge is 0.320 e. The molecule has 4 saturated heterocycles. The Morgan fingerprint density at radius 3 is 2.46 bits per heavy atom. The van der Waals surface area contributed by atoms with Crippen LogP contribution in [0.5, 0.6) is 0 Å². The summed E-state index contributed by atoms with van der Waals surface area (Å²) in [6, 6.07) is 8.89. The summed E-state index contributed by atoms with van der Waals surface area (Å²) in [7, 11) is 0. The van der Waals surface area contributed by atoms with E-state index in [2.05, 4.69) is 39.6 Å². The Bertz CT molecular complexity index is 1240. The molecule has 0 aliphatic carbocycles. The Labute approximate surface area is 241 Å². The van der Waals surface area contributed by atoms with Crippen molar-refractivity contribution in [1.29, 1.82) is 0 Å². The van der Waals surface area contributed by atoms with E-state index in [9.17, 15) is 9.59 Å². The molecule has 11 heteroatoms. The Morgan fingerprint density at radius 2 is 1.76 bits per heavy atom.